The molecule has 2 heterocycles. The molecule has 3 N–H and O–H groups in total. The molecule has 1 fully saturated rings. The summed E-state index contributed by atoms with van der Waals surface area (Å²) < 4.78 is 5.32. The minimum Gasteiger partial charge on any atom is -0.378 e. The molecule has 1 saturated heterocycles. The Hall–Kier alpha value is -1.73. The van der Waals surface area contributed by atoms with Gasteiger partial charge in [0.2, 0.25) is 0 Å². The molecule has 1 aliphatic rings. The molecule has 0 radical (unpaired) electrons. The zero-order chi connectivity index (χ0) is 12.8. The van der Waals surface area contributed by atoms with Crippen molar-refractivity contribution in [2.45, 2.75) is 0 Å². The SMILES string of the molecule is NC(=S)N/N=C/c1cc(N2CCOCC2)ccn1. The van der Waals surface area contributed by atoms with E-state index in [0.29, 0.717) is 0 Å². The summed E-state index contributed by atoms with van der Waals surface area (Å²) in [5.41, 5.74) is 9.63. The van der Waals surface area contributed by atoms with E-state index in [4.69, 9.17) is 10.5 Å². The van der Waals surface area contributed by atoms with Crippen LogP contribution in [0.5, 0.6) is 0 Å². The van der Waals surface area contributed by atoms with Crippen molar-refractivity contribution in [3.63, 3.8) is 0 Å². The molecule has 7 heteroatoms. The Balaban J connectivity index is 2.04. The Labute approximate surface area is 111 Å². The summed E-state index contributed by atoms with van der Waals surface area (Å²) in [5, 5.41) is 4.02. The fourth-order valence-electron chi connectivity index (χ4n) is 1.69. The van der Waals surface area contributed by atoms with Crippen LogP contribution in [0.4, 0.5) is 5.69 Å². The van der Waals surface area contributed by atoms with Crippen LogP contribution in [0.2, 0.25) is 0 Å². The molecule has 1 aromatic rings. The van der Waals surface area contributed by atoms with E-state index in [0.717, 1.165) is 37.7 Å². The van der Waals surface area contributed by atoms with E-state index >= 15 is 0 Å². The summed E-state index contributed by atoms with van der Waals surface area (Å²) in [7, 11) is 0. The average Bonchev–Trinajstić information content (AvgIpc) is 2.40. The van der Waals surface area contributed by atoms with Crippen LogP contribution in [0.15, 0.2) is 23.4 Å². The van der Waals surface area contributed by atoms with Crippen molar-refractivity contribution in [3.05, 3.63) is 24.0 Å². The maximum absolute atomic E-state index is 5.32. The Morgan fingerprint density at radius 2 is 2.33 bits per heavy atom. The highest BCUT2D eigenvalue weighted by atomic mass is 32.1. The van der Waals surface area contributed by atoms with E-state index in [9.17, 15) is 0 Å². The summed E-state index contributed by atoms with van der Waals surface area (Å²) in [5.74, 6) is 0. The van der Waals surface area contributed by atoms with Crippen LogP contribution in [0.3, 0.4) is 0 Å². The van der Waals surface area contributed by atoms with Gasteiger partial charge < -0.3 is 15.4 Å². The number of anilines is 1. The summed E-state index contributed by atoms with van der Waals surface area (Å²) in [6.07, 6.45) is 3.34. The molecule has 0 aliphatic carbocycles. The van der Waals surface area contributed by atoms with Gasteiger partial charge in [-0.3, -0.25) is 10.4 Å². The fraction of sp³-hybridized carbons (Fsp3) is 0.364. The number of hydrazone groups is 1. The monoisotopic (exact) mass is 265 g/mol. The molecule has 0 unspecified atom stereocenters. The number of ether oxygens (including phenoxy) is 1. The molecular weight excluding hydrogens is 250 g/mol. The smallest absolute Gasteiger partial charge is 0.184 e. The lowest BCUT2D eigenvalue weighted by atomic mass is 10.3. The highest BCUT2D eigenvalue weighted by molar-refractivity contribution is 7.80. The van der Waals surface area contributed by atoms with E-state index < -0.39 is 0 Å². The molecule has 0 saturated carbocycles. The van der Waals surface area contributed by atoms with Crippen molar-refractivity contribution in [1.82, 2.24) is 10.4 Å². The van der Waals surface area contributed by atoms with Crippen LogP contribution in [0, 0.1) is 0 Å². The third-order valence-electron chi connectivity index (χ3n) is 2.51. The van der Waals surface area contributed by atoms with Gasteiger partial charge in [0.05, 0.1) is 25.1 Å². The first-order valence-corrected chi connectivity index (χ1v) is 6.04. The van der Waals surface area contributed by atoms with Crippen molar-refractivity contribution in [1.29, 1.82) is 0 Å². The third-order valence-corrected chi connectivity index (χ3v) is 2.60. The number of aromatic nitrogens is 1. The molecule has 0 aromatic carbocycles. The Morgan fingerprint density at radius 3 is 3.06 bits per heavy atom. The quantitative estimate of drug-likeness (QED) is 0.458. The lowest BCUT2D eigenvalue weighted by molar-refractivity contribution is 0.122. The first-order chi connectivity index (χ1) is 8.75. The van der Waals surface area contributed by atoms with Gasteiger partial charge in [-0.15, -0.1) is 0 Å². The first kappa shape index (κ1) is 12.7. The molecule has 1 aromatic heterocycles. The highest BCUT2D eigenvalue weighted by Gasteiger charge is 2.11. The topological polar surface area (TPSA) is 75.8 Å². The molecule has 2 rings (SSSR count). The van der Waals surface area contributed by atoms with E-state index in [1.54, 1.807) is 12.4 Å². The van der Waals surface area contributed by atoms with Crippen LogP contribution in [-0.2, 0) is 4.74 Å². The molecule has 96 valence electrons. The molecule has 0 spiro atoms. The van der Waals surface area contributed by atoms with E-state index in [1.165, 1.54) is 0 Å². The maximum Gasteiger partial charge on any atom is 0.184 e. The van der Waals surface area contributed by atoms with Crippen LogP contribution in [0.1, 0.15) is 5.69 Å². The van der Waals surface area contributed by atoms with E-state index in [-0.39, 0.29) is 5.11 Å². The van der Waals surface area contributed by atoms with Gasteiger partial charge in [0, 0.05) is 25.0 Å². The zero-order valence-electron chi connectivity index (χ0n) is 9.87. The average molecular weight is 265 g/mol. The van der Waals surface area contributed by atoms with Gasteiger partial charge in [-0.2, -0.15) is 5.10 Å². The molecule has 0 amide bonds. The van der Waals surface area contributed by atoms with E-state index in [2.05, 4.69) is 32.6 Å². The standard InChI is InChI=1S/C11H15N5OS/c12-11(18)15-14-8-9-7-10(1-2-13-9)16-3-5-17-6-4-16/h1-2,7-8H,3-6H2,(H3,12,15,18)/b14-8+. The second kappa shape index (κ2) is 6.27. The van der Waals surface area contributed by atoms with Gasteiger partial charge in [-0.05, 0) is 24.4 Å². The Bertz CT molecular complexity index is 445. The predicted molar refractivity (Wildman–Crippen MR) is 74.8 cm³/mol. The maximum atomic E-state index is 5.32. The fourth-order valence-corrected chi connectivity index (χ4v) is 1.74. The summed E-state index contributed by atoms with van der Waals surface area (Å²) in [6.45, 7) is 3.31. The summed E-state index contributed by atoms with van der Waals surface area (Å²) >= 11 is 4.65. The van der Waals surface area contributed by atoms with Gasteiger partial charge in [0.25, 0.3) is 0 Å². The molecule has 0 bridgehead atoms. The van der Waals surface area contributed by atoms with Crippen molar-refractivity contribution in [3.8, 4) is 0 Å². The minimum atomic E-state index is 0.135. The van der Waals surface area contributed by atoms with Crippen molar-refractivity contribution in [2.75, 3.05) is 31.2 Å². The third kappa shape index (κ3) is 3.64. The van der Waals surface area contributed by atoms with Gasteiger partial charge in [0.15, 0.2) is 5.11 Å². The van der Waals surface area contributed by atoms with Gasteiger partial charge in [0.1, 0.15) is 0 Å². The van der Waals surface area contributed by atoms with Crippen LogP contribution in [-0.4, -0.2) is 42.6 Å². The Kier molecular flexibility index (Phi) is 4.43. The minimum absolute atomic E-state index is 0.135. The summed E-state index contributed by atoms with van der Waals surface area (Å²) in [6, 6.07) is 3.94. The number of thiocarbonyl (C=S) groups is 1. The van der Waals surface area contributed by atoms with E-state index in [1.807, 2.05) is 12.1 Å². The zero-order valence-corrected chi connectivity index (χ0v) is 10.7. The largest absolute Gasteiger partial charge is 0.378 e. The molecule has 1 aliphatic heterocycles. The number of pyridine rings is 1. The van der Waals surface area contributed by atoms with Crippen molar-refractivity contribution < 1.29 is 4.74 Å². The van der Waals surface area contributed by atoms with Crippen molar-refractivity contribution in [2.24, 2.45) is 10.8 Å². The number of morpholine rings is 1. The highest BCUT2D eigenvalue weighted by Crippen LogP contribution is 2.15. The van der Waals surface area contributed by atoms with Crippen molar-refractivity contribution >= 4 is 29.2 Å². The number of nitrogens with one attached hydrogen (secondary N) is 1. The number of nitrogens with two attached hydrogens (primary N) is 1. The number of nitrogens with zero attached hydrogens (tertiary/aromatic N) is 3. The number of hydrogen-bond donors (Lipinski definition) is 2. The van der Waals surface area contributed by atoms with Crippen LogP contribution < -0.4 is 16.1 Å². The van der Waals surface area contributed by atoms with Crippen LogP contribution in [0.25, 0.3) is 0 Å². The Morgan fingerprint density at radius 1 is 1.56 bits per heavy atom. The van der Waals surface area contributed by atoms with Crippen LogP contribution >= 0.6 is 12.2 Å². The first-order valence-electron chi connectivity index (χ1n) is 5.63. The number of rotatable bonds is 3. The van der Waals surface area contributed by atoms with Gasteiger partial charge >= 0.3 is 0 Å². The molecule has 18 heavy (non-hydrogen) atoms. The molecule has 0 atom stereocenters. The molecule has 6 nitrogen and oxygen atoms in total. The van der Waals surface area contributed by atoms with Gasteiger partial charge in [-0.25, -0.2) is 0 Å². The van der Waals surface area contributed by atoms with Gasteiger partial charge in [-0.1, -0.05) is 0 Å². The number of hydrogen-bond acceptors (Lipinski definition) is 5. The molecular formula is C11H15N5OS. The normalized spacial score (nSPS) is 15.9. The lowest BCUT2D eigenvalue weighted by Gasteiger charge is -2.28. The second-order valence-corrected chi connectivity index (χ2v) is 4.21. The summed E-state index contributed by atoms with van der Waals surface area (Å²) in [4.78, 5) is 6.45. The lowest BCUT2D eigenvalue weighted by Crippen LogP contribution is -2.36. The second-order valence-electron chi connectivity index (χ2n) is 3.77. The predicted octanol–water partition coefficient (Wildman–Crippen LogP) is 0.0853.